The van der Waals surface area contributed by atoms with Gasteiger partial charge in [0.05, 0.1) is 11.1 Å². The third-order valence-electron chi connectivity index (χ3n) is 4.11. The molecule has 2 N–H and O–H groups in total. The van der Waals surface area contributed by atoms with E-state index >= 15 is 0 Å². The van der Waals surface area contributed by atoms with Gasteiger partial charge in [0.2, 0.25) is 0 Å². The average Bonchev–Trinajstić information content (AvgIpc) is 2.87. The first-order valence-electron chi connectivity index (χ1n) is 6.94. The van der Waals surface area contributed by atoms with E-state index < -0.39 is 17.2 Å². The van der Waals surface area contributed by atoms with Crippen molar-refractivity contribution in [1.82, 2.24) is 5.32 Å². The molecule has 1 heterocycles. The number of fused-ring (bicyclic) bond motifs is 1. The number of carboxylic acids is 1. The van der Waals surface area contributed by atoms with E-state index in [4.69, 9.17) is 0 Å². The zero-order valence-electron chi connectivity index (χ0n) is 12.1. The summed E-state index contributed by atoms with van der Waals surface area (Å²) in [7, 11) is 0. The maximum Gasteiger partial charge on any atom is 0.321 e. The van der Waals surface area contributed by atoms with E-state index in [0.717, 1.165) is 5.56 Å². The number of anilines is 1. The molecule has 1 unspecified atom stereocenters. The zero-order chi connectivity index (χ0) is 15.6. The summed E-state index contributed by atoms with van der Waals surface area (Å²) in [6.45, 7) is 3.87. The molecule has 21 heavy (non-hydrogen) atoms. The minimum atomic E-state index is -1.000. The number of nitrogens with one attached hydrogen (secondary N) is 1. The molecule has 6 heteroatoms. The van der Waals surface area contributed by atoms with Crippen LogP contribution >= 0.6 is 0 Å². The molecular weight excluding hydrogens is 275 g/mol. The van der Waals surface area contributed by atoms with E-state index in [9.17, 15) is 19.1 Å². The minimum absolute atomic E-state index is 0.0405. The van der Waals surface area contributed by atoms with Crippen molar-refractivity contribution in [3.63, 3.8) is 0 Å². The van der Waals surface area contributed by atoms with Gasteiger partial charge >= 0.3 is 12.0 Å². The maximum absolute atomic E-state index is 13.3. The number of carbonyl (C=O) groups excluding carboxylic acids is 1. The fourth-order valence-electron chi connectivity index (χ4n) is 2.28. The van der Waals surface area contributed by atoms with Crippen LogP contribution in [0.1, 0.15) is 25.8 Å². The smallest absolute Gasteiger partial charge is 0.321 e. The lowest BCUT2D eigenvalue weighted by molar-refractivity contribution is -0.147. The minimum Gasteiger partial charge on any atom is -0.481 e. The molecule has 0 saturated heterocycles. The normalized spacial score (nSPS) is 16.2. The Morgan fingerprint density at radius 3 is 2.81 bits per heavy atom. The van der Waals surface area contributed by atoms with E-state index in [1.807, 2.05) is 0 Å². The number of nitrogens with zero attached hydrogens (tertiary/aromatic N) is 1. The molecule has 1 aliphatic rings. The predicted octanol–water partition coefficient (Wildman–Crippen LogP) is 2.40. The van der Waals surface area contributed by atoms with Crippen LogP contribution in [0.2, 0.25) is 0 Å². The van der Waals surface area contributed by atoms with Crippen molar-refractivity contribution in [2.75, 3.05) is 18.0 Å². The van der Waals surface area contributed by atoms with Gasteiger partial charge in [-0.05, 0) is 37.5 Å². The molecule has 2 amide bonds. The number of rotatable bonds is 4. The molecule has 0 spiro atoms. The second-order valence-electron chi connectivity index (χ2n) is 5.55. The Hall–Kier alpha value is -2.11. The number of aliphatic carboxylic acids is 1. The standard InChI is InChI=1S/C15H19FN2O3/c1-3-15(2,13(19)20)9-17-14(21)18-7-6-10-4-5-11(16)8-12(10)18/h4-5,8H,3,6-7,9H2,1-2H3,(H,17,21)(H,19,20). The molecule has 0 aromatic heterocycles. The molecule has 0 radical (unpaired) electrons. The van der Waals surface area contributed by atoms with Gasteiger partial charge in [0.25, 0.3) is 0 Å². The fourth-order valence-corrected chi connectivity index (χ4v) is 2.28. The van der Waals surface area contributed by atoms with Crippen LogP contribution in [0.3, 0.4) is 0 Å². The predicted molar refractivity (Wildman–Crippen MR) is 76.9 cm³/mol. The van der Waals surface area contributed by atoms with Crippen molar-refractivity contribution >= 4 is 17.7 Å². The number of benzene rings is 1. The molecule has 1 aliphatic heterocycles. The van der Waals surface area contributed by atoms with Crippen LogP contribution < -0.4 is 10.2 Å². The number of hydrogen-bond donors (Lipinski definition) is 2. The summed E-state index contributed by atoms with van der Waals surface area (Å²) in [6.07, 6.45) is 1.08. The molecule has 1 atom stereocenters. The van der Waals surface area contributed by atoms with Crippen molar-refractivity contribution in [3.05, 3.63) is 29.6 Å². The second kappa shape index (κ2) is 5.71. The Kier molecular flexibility index (Phi) is 4.16. The first kappa shape index (κ1) is 15.3. The lowest BCUT2D eigenvalue weighted by atomic mass is 9.88. The first-order valence-corrected chi connectivity index (χ1v) is 6.94. The first-order chi connectivity index (χ1) is 9.87. The molecule has 114 valence electrons. The van der Waals surface area contributed by atoms with E-state index in [0.29, 0.717) is 25.1 Å². The van der Waals surface area contributed by atoms with Gasteiger partial charge in [-0.2, -0.15) is 0 Å². The van der Waals surface area contributed by atoms with Crippen molar-refractivity contribution in [2.24, 2.45) is 5.41 Å². The van der Waals surface area contributed by atoms with Gasteiger partial charge in [-0.1, -0.05) is 13.0 Å². The van der Waals surface area contributed by atoms with Crippen LogP contribution in [0.5, 0.6) is 0 Å². The highest BCUT2D eigenvalue weighted by Gasteiger charge is 2.33. The Morgan fingerprint density at radius 2 is 2.19 bits per heavy atom. The van der Waals surface area contributed by atoms with Gasteiger partial charge in [-0.15, -0.1) is 0 Å². The molecule has 0 aliphatic carbocycles. The number of carbonyl (C=O) groups is 2. The van der Waals surface area contributed by atoms with Crippen molar-refractivity contribution in [2.45, 2.75) is 26.7 Å². The average molecular weight is 294 g/mol. The molecule has 2 rings (SSSR count). The third-order valence-corrected chi connectivity index (χ3v) is 4.11. The monoisotopic (exact) mass is 294 g/mol. The van der Waals surface area contributed by atoms with Gasteiger partial charge in [0.15, 0.2) is 0 Å². The molecule has 0 fully saturated rings. The fraction of sp³-hybridized carbons (Fsp3) is 0.467. The van der Waals surface area contributed by atoms with Gasteiger partial charge in [0.1, 0.15) is 5.82 Å². The van der Waals surface area contributed by atoms with E-state index in [2.05, 4.69) is 5.32 Å². The molecule has 1 aromatic carbocycles. The Balaban J connectivity index is 2.07. The summed E-state index contributed by atoms with van der Waals surface area (Å²) < 4.78 is 13.3. The van der Waals surface area contributed by atoms with Crippen LogP contribution in [-0.2, 0) is 11.2 Å². The summed E-state index contributed by atoms with van der Waals surface area (Å²) in [5, 5.41) is 11.8. The van der Waals surface area contributed by atoms with E-state index in [-0.39, 0.29) is 12.6 Å². The van der Waals surface area contributed by atoms with Gasteiger partial charge in [-0.3, -0.25) is 9.69 Å². The molecule has 0 saturated carbocycles. The highest BCUT2D eigenvalue weighted by atomic mass is 19.1. The van der Waals surface area contributed by atoms with Crippen LogP contribution in [0.4, 0.5) is 14.9 Å². The third kappa shape index (κ3) is 2.99. The lowest BCUT2D eigenvalue weighted by Crippen LogP contribution is -2.46. The van der Waals surface area contributed by atoms with E-state index in [1.54, 1.807) is 19.9 Å². The maximum atomic E-state index is 13.3. The van der Waals surface area contributed by atoms with Gasteiger partial charge < -0.3 is 10.4 Å². The summed E-state index contributed by atoms with van der Waals surface area (Å²) in [4.78, 5) is 24.9. The van der Waals surface area contributed by atoms with Gasteiger partial charge in [-0.25, -0.2) is 9.18 Å². The number of carboxylic acid groups (broad SMARTS) is 1. The number of amides is 2. The second-order valence-corrected chi connectivity index (χ2v) is 5.55. The van der Waals surface area contributed by atoms with Crippen LogP contribution in [-0.4, -0.2) is 30.2 Å². The highest BCUT2D eigenvalue weighted by Crippen LogP contribution is 2.29. The largest absolute Gasteiger partial charge is 0.481 e. The molecular formula is C15H19FN2O3. The Labute approximate surface area is 122 Å². The van der Waals surface area contributed by atoms with Crippen molar-refractivity contribution in [3.8, 4) is 0 Å². The highest BCUT2D eigenvalue weighted by molar-refractivity contribution is 5.94. The van der Waals surface area contributed by atoms with E-state index in [1.165, 1.54) is 17.0 Å². The lowest BCUT2D eigenvalue weighted by Gasteiger charge is -2.25. The molecule has 1 aromatic rings. The number of hydrogen-bond acceptors (Lipinski definition) is 2. The van der Waals surface area contributed by atoms with Crippen LogP contribution in [0, 0.1) is 11.2 Å². The SMILES string of the molecule is CCC(C)(CNC(=O)N1CCc2ccc(F)cc21)C(=O)O. The number of urea groups is 1. The summed E-state index contributed by atoms with van der Waals surface area (Å²) in [5.74, 6) is -1.34. The summed E-state index contributed by atoms with van der Waals surface area (Å²) >= 11 is 0. The summed E-state index contributed by atoms with van der Waals surface area (Å²) in [6, 6.07) is 3.99. The topological polar surface area (TPSA) is 69.6 Å². The van der Waals surface area contributed by atoms with Gasteiger partial charge in [0, 0.05) is 13.1 Å². The zero-order valence-corrected chi connectivity index (χ0v) is 12.1. The van der Waals surface area contributed by atoms with Crippen LogP contribution in [0.15, 0.2) is 18.2 Å². The summed E-state index contributed by atoms with van der Waals surface area (Å²) in [5.41, 5.74) is 0.476. The Morgan fingerprint density at radius 1 is 1.48 bits per heavy atom. The molecule has 5 nitrogen and oxygen atoms in total. The van der Waals surface area contributed by atoms with Crippen LogP contribution in [0.25, 0.3) is 0 Å². The Bertz CT molecular complexity index is 576. The quantitative estimate of drug-likeness (QED) is 0.896. The number of halogens is 1. The van der Waals surface area contributed by atoms with Crippen molar-refractivity contribution < 1.29 is 19.1 Å². The van der Waals surface area contributed by atoms with Crippen molar-refractivity contribution in [1.29, 1.82) is 0 Å². The molecule has 0 bridgehead atoms.